The fraction of sp³-hybridized carbons (Fsp3) is 0.545. The molecule has 0 aliphatic heterocycles. The number of aromatic nitrogens is 5. The molecule has 1 aromatic carbocycles. The van der Waals surface area contributed by atoms with Gasteiger partial charge in [-0.25, -0.2) is 0 Å². The van der Waals surface area contributed by atoms with Crippen LogP contribution in [0.25, 0.3) is 0 Å². The molecule has 3 aromatic rings. The molecule has 0 radical (unpaired) electrons. The summed E-state index contributed by atoms with van der Waals surface area (Å²) >= 11 is 1.63. The van der Waals surface area contributed by atoms with Crippen molar-refractivity contribution < 1.29 is 9.26 Å². The monoisotopic (exact) mass is 442 g/mol. The molecule has 0 bridgehead atoms. The summed E-state index contributed by atoms with van der Waals surface area (Å²) in [7, 11) is 1.68. The van der Waals surface area contributed by atoms with Crippen molar-refractivity contribution in [2.45, 2.75) is 75.4 Å². The molecule has 1 aliphatic carbocycles. The molecule has 166 valence electrons. The minimum Gasteiger partial charge on any atom is -0.497 e. The Morgan fingerprint density at radius 2 is 2.10 bits per heavy atom. The normalized spacial score (nSPS) is 15.7. The van der Waals surface area contributed by atoms with E-state index >= 15 is 0 Å². The van der Waals surface area contributed by atoms with Gasteiger partial charge in [-0.15, -0.1) is 10.2 Å². The molecule has 1 N–H and O–H groups in total. The number of rotatable bonds is 9. The van der Waals surface area contributed by atoms with Crippen molar-refractivity contribution in [3.05, 3.63) is 41.8 Å². The highest BCUT2D eigenvalue weighted by Gasteiger charge is 2.26. The number of ether oxygens (including phenoxy) is 1. The maximum absolute atomic E-state index is 5.45. The number of aryl methyl sites for hydroxylation is 1. The number of anilines is 1. The lowest BCUT2D eigenvalue weighted by molar-refractivity contribution is 0.329. The van der Waals surface area contributed by atoms with E-state index in [-0.39, 0.29) is 5.25 Å². The van der Waals surface area contributed by atoms with Crippen molar-refractivity contribution in [3.8, 4) is 5.75 Å². The Morgan fingerprint density at radius 3 is 2.84 bits per heavy atom. The fourth-order valence-corrected chi connectivity index (χ4v) is 4.88. The van der Waals surface area contributed by atoms with Crippen molar-refractivity contribution in [3.63, 3.8) is 0 Å². The summed E-state index contributed by atoms with van der Waals surface area (Å²) in [5.74, 6) is 3.15. The molecule has 1 unspecified atom stereocenters. The average Bonchev–Trinajstić information content (AvgIpc) is 3.45. The number of methoxy groups -OCH3 is 1. The van der Waals surface area contributed by atoms with Gasteiger partial charge in [-0.3, -0.25) is 0 Å². The molecule has 31 heavy (non-hydrogen) atoms. The van der Waals surface area contributed by atoms with Crippen LogP contribution in [0.2, 0.25) is 0 Å². The molecule has 4 rings (SSSR count). The van der Waals surface area contributed by atoms with Gasteiger partial charge in [0, 0.05) is 24.2 Å². The van der Waals surface area contributed by atoms with E-state index in [1.807, 2.05) is 31.2 Å². The van der Waals surface area contributed by atoms with Crippen LogP contribution in [0.3, 0.4) is 0 Å². The molecule has 9 heteroatoms. The Kier molecular flexibility index (Phi) is 7.11. The molecule has 0 spiro atoms. The first-order valence-electron chi connectivity index (χ1n) is 11.0. The second kappa shape index (κ2) is 10.2. The van der Waals surface area contributed by atoms with E-state index < -0.39 is 0 Å². The largest absolute Gasteiger partial charge is 0.497 e. The highest BCUT2D eigenvalue weighted by Crippen LogP contribution is 2.38. The van der Waals surface area contributed by atoms with Crippen LogP contribution in [-0.2, 0) is 13.0 Å². The van der Waals surface area contributed by atoms with Crippen molar-refractivity contribution in [2.24, 2.45) is 0 Å². The van der Waals surface area contributed by atoms with Gasteiger partial charge in [0.1, 0.15) is 5.75 Å². The zero-order chi connectivity index (χ0) is 21.6. The topological polar surface area (TPSA) is 90.9 Å². The second-order valence-electron chi connectivity index (χ2n) is 7.81. The fourth-order valence-electron chi connectivity index (χ4n) is 3.91. The molecular weight excluding hydrogens is 412 g/mol. The lowest BCUT2D eigenvalue weighted by Crippen LogP contribution is -2.18. The van der Waals surface area contributed by atoms with Gasteiger partial charge in [-0.05, 0) is 31.9 Å². The second-order valence-corrected chi connectivity index (χ2v) is 9.12. The van der Waals surface area contributed by atoms with Gasteiger partial charge in [0.05, 0.1) is 18.9 Å². The van der Waals surface area contributed by atoms with Crippen molar-refractivity contribution in [2.75, 3.05) is 12.4 Å². The smallest absolute Gasteiger partial charge is 0.239 e. The Hall–Kier alpha value is -2.55. The van der Waals surface area contributed by atoms with Crippen molar-refractivity contribution in [1.29, 1.82) is 0 Å². The number of thioether (sulfide) groups is 1. The SMILES string of the molecule is CCc1noc(C(C)Sc2nnc(CNc3cccc(OC)c3)n2C2CCCCC2)n1. The summed E-state index contributed by atoms with van der Waals surface area (Å²) in [6.45, 7) is 4.70. The number of nitrogens with one attached hydrogen (secondary N) is 1. The summed E-state index contributed by atoms with van der Waals surface area (Å²) in [6.07, 6.45) is 6.87. The summed E-state index contributed by atoms with van der Waals surface area (Å²) in [5.41, 5.74) is 0.998. The molecule has 2 aromatic heterocycles. The highest BCUT2D eigenvalue weighted by atomic mass is 32.2. The predicted molar refractivity (Wildman–Crippen MR) is 120 cm³/mol. The number of hydrogen-bond acceptors (Lipinski definition) is 8. The Balaban J connectivity index is 1.54. The van der Waals surface area contributed by atoms with E-state index in [9.17, 15) is 0 Å². The first-order chi connectivity index (χ1) is 15.2. The molecule has 1 fully saturated rings. The average molecular weight is 443 g/mol. The third kappa shape index (κ3) is 5.20. The van der Waals surface area contributed by atoms with Crippen molar-refractivity contribution in [1.82, 2.24) is 24.9 Å². The van der Waals surface area contributed by atoms with Crippen LogP contribution in [-0.4, -0.2) is 32.0 Å². The van der Waals surface area contributed by atoms with Crippen molar-refractivity contribution >= 4 is 17.4 Å². The van der Waals surface area contributed by atoms with Gasteiger partial charge >= 0.3 is 0 Å². The molecule has 2 heterocycles. The third-order valence-electron chi connectivity index (χ3n) is 5.63. The number of hydrogen-bond donors (Lipinski definition) is 1. The first-order valence-corrected chi connectivity index (χ1v) is 11.9. The summed E-state index contributed by atoms with van der Waals surface area (Å²) in [5, 5.41) is 17.5. The van der Waals surface area contributed by atoms with E-state index in [4.69, 9.17) is 9.26 Å². The lowest BCUT2D eigenvalue weighted by Gasteiger charge is -2.26. The maximum Gasteiger partial charge on any atom is 0.239 e. The standard InChI is InChI=1S/C22H30N6O2S/c1-4-19-24-21(30-27-19)15(2)31-22-26-25-20(28(22)17-10-6-5-7-11-17)14-23-16-9-8-12-18(13-16)29-3/h8-9,12-13,15,17,23H,4-7,10-11,14H2,1-3H3. The van der Waals surface area contributed by atoms with Crippen LogP contribution in [0.5, 0.6) is 5.75 Å². The Bertz CT molecular complexity index is 982. The van der Waals surface area contributed by atoms with Gasteiger partial charge in [0.2, 0.25) is 5.89 Å². The summed E-state index contributed by atoms with van der Waals surface area (Å²) < 4.78 is 13.1. The lowest BCUT2D eigenvalue weighted by atomic mass is 9.95. The van der Waals surface area contributed by atoms with E-state index in [1.54, 1.807) is 18.9 Å². The third-order valence-corrected chi connectivity index (χ3v) is 6.67. The van der Waals surface area contributed by atoms with E-state index in [0.717, 1.165) is 47.5 Å². The van der Waals surface area contributed by atoms with Crippen LogP contribution in [0.4, 0.5) is 5.69 Å². The van der Waals surface area contributed by atoms with Gasteiger partial charge in [-0.1, -0.05) is 49.2 Å². The Morgan fingerprint density at radius 1 is 1.26 bits per heavy atom. The molecule has 0 saturated heterocycles. The van der Waals surface area contributed by atoms with Crippen LogP contribution >= 0.6 is 11.8 Å². The van der Waals surface area contributed by atoms with Gasteiger partial charge in [-0.2, -0.15) is 4.98 Å². The van der Waals surface area contributed by atoms with Gasteiger partial charge in [0.15, 0.2) is 16.8 Å². The van der Waals surface area contributed by atoms with E-state index in [0.29, 0.717) is 18.5 Å². The first kappa shape index (κ1) is 21.7. The zero-order valence-corrected chi connectivity index (χ0v) is 19.2. The molecule has 8 nitrogen and oxygen atoms in total. The van der Waals surface area contributed by atoms with Crippen LogP contribution < -0.4 is 10.1 Å². The Labute approximate surface area is 187 Å². The van der Waals surface area contributed by atoms with E-state index in [2.05, 4.69) is 37.1 Å². The predicted octanol–water partition coefficient (Wildman–Crippen LogP) is 5.20. The van der Waals surface area contributed by atoms with Crippen LogP contribution in [0.15, 0.2) is 33.9 Å². The number of benzene rings is 1. The molecule has 1 aliphatic rings. The van der Waals surface area contributed by atoms with Gasteiger partial charge in [0.25, 0.3) is 0 Å². The molecule has 1 atom stereocenters. The van der Waals surface area contributed by atoms with Crippen LogP contribution in [0.1, 0.15) is 74.8 Å². The molecular formula is C22H30N6O2S. The minimum absolute atomic E-state index is 0.0125. The minimum atomic E-state index is 0.0125. The van der Waals surface area contributed by atoms with Gasteiger partial charge < -0.3 is 19.1 Å². The van der Waals surface area contributed by atoms with Crippen LogP contribution in [0, 0.1) is 0 Å². The molecule has 1 saturated carbocycles. The highest BCUT2D eigenvalue weighted by molar-refractivity contribution is 7.99. The van der Waals surface area contributed by atoms with E-state index in [1.165, 1.54) is 19.3 Å². The zero-order valence-electron chi connectivity index (χ0n) is 18.4. The quantitative estimate of drug-likeness (QED) is 0.452. The number of nitrogens with zero attached hydrogens (tertiary/aromatic N) is 5. The molecule has 0 amide bonds. The summed E-state index contributed by atoms with van der Waals surface area (Å²) in [4.78, 5) is 4.49. The summed E-state index contributed by atoms with van der Waals surface area (Å²) in [6, 6.07) is 8.36. The maximum atomic E-state index is 5.45.